The van der Waals surface area contributed by atoms with E-state index in [1.165, 1.54) is 44.9 Å². The lowest BCUT2D eigenvalue weighted by molar-refractivity contribution is 0.0945. The lowest BCUT2D eigenvalue weighted by Crippen LogP contribution is -2.43. The molecule has 1 saturated carbocycles. The Kier molecular flexibility index (Phi) is 7.00. The number of carbonyl (C=O) groups excluding carboxylic acids is 1. The fraction of sp³-hybridized carbons (Fsp3) is 0.650. The van der Waals surface area contributed by atoms with E-state index in [-0.39, 0.29) is 5.91 Å². The van der Waals surface area contributed by atoms with E-state index in [2.05, 4.69) is 15.5 Å². The first kappa shape index (κ1) is 18.5. The van der Waals surface area contributed by atoms with Gasteiger partial charge in [-0.25, -0.2) is 0 Å². The van der Waals surface area contributed by atoms with E-state index >= 15 is 0 Å². The normalized spacial score (nSPS) is 20.0. The predicted octanol–water partition coefficient (Wildman–Crippen LogP) is 3.84. The van der Waals surface area contributed by atoms with Gasteiger partial charge in [-0.2, -0.15) is 0 Å². The summed E-state index contributed by atoms with van der Waals surface area (Å²) in [4.78, 5) is 15.0. The lowest BCUT2D eigenvalue weighted by Gasteiger charge is -2.29. The van der Waals surface area contributed by atoms with Crippen molar-refractivity contribution in [3.8, 4) is 0 Å². The monoisotopic (exact) mass is 363 g/mol. The highest BCUT2D eigenvalue weighted by Gasteiger charge is 2.17. The summed E-state index contributed by atoms with van der Waals surface area (Å²) in [7, 11) is 0. The molecule has 25 heavy (non-hydrogen) atoms. The molecule has 1 aliphatic heterocycles. The smallest absolute Gasteiger partial charge is 0.252 e. The minimum Gasteiger partial charge on any atom is -0.369 e. The van der Waals surface area contributed by atoms with Crippen LogP contribution in [-0.4, -0.2) is 38.6 Å². The largest absolute Gasteiger partial charge is 0.369 e. The molecule has 5 heteroatoms. The zero-order chi connectivity index (χ0) is 17.5. The Balaban J connectivity index is 1.60. The summed E-state index contributed by atoms with van der Waals surface area (Å²) >= 11 is 6.31. The van der Waals surface area contributed by atoms with Crippen molar-refractivity contribution in [2.75, 3.05) is 37.6 Å². The van der Waals surface area contributed by atoms with Gasteiger partial charge in [0.2, 0.25) is 0 Å². The van der Waals surface area contributed by atoms with Crippen molar-refractivity contribution >= 4 is 23.2 Å². The van der Waals surface area contributed by atoms with Crippen molar-refractivity contribution in [3.05, 3.63) is 28.8 Å². The van der Waals surface area contributed by atoms with Crippen LogP contribution < -0.4 is 15.5 Å². The SMILES string of the molecule is O=C(NCC1CCCCCCC1)c1cc(N2CCNCC2)ccc1Cl. The van der Waals surface area contributed by atoms with Crippen LogP contribution >= 0.6 is 11.6 Å². The van der Waals surface area contributed by atoms with E-state index in [0.717, 1.165) is 38.4 Å². The summed E-state index contributed by atoms with van der Waals surface area (Å²) in [5, 5.41) is 7.02. The highest BCUT2D eigenvalue weighted by atomic mass is 35.5. The molecule has 1 amide bonds. The molecule has 0 radical (unpaired) electrons. The highest BCUT2D eigenvalue weighted by Crippen LogP contribution is 2.25. The van der Waals surface area contributed by atoms with Gasteiger partial charge in [0, 0.05) is 38.4 Å². The minimum absolute atomic E-state index is 0.0379. The van der Waals surface area contributed by atoms with Crippen molar-refractivity contribution in [1.29, 1.82) is 0 Å². The molecule has 1 aromatic carbocycles. The Morgan fingerprint density at radius 1 is 1.12 bits per heavy atom. The number of rotatable bonds is 4. The standard InChI is InChI=1S/C20H30ClN3O/c21-19-9-8-17(24-12-10-22-11-13-24)14-18(19)20(25)23-15-16-6-4-2-1-3-5-7-16/h8-9,14,16,22H,1-7,10-13,15H2,(H,23,25). The molecule has 0 atom stereocenters. The van der Waals surface area contributed by atoms with Crippen molar-refractivity contribution in [2.24, 2.45) is 5.92 Å². The zero-order valence-corrected chi connectivity index (χ0v) is 15.8. The molecule has 4 nitrogen and oxygen atoms in total. The molecular formula is C20H30ClN3O. The number of piperazine rings is 1. The van der Waals surface area contributed by atoms with E-state index in [9.17, 15) is 4.79 Å². The molecule has 1 saturated heterocycles. The summed E-state index contributed by atoms with van der Waals surface area (Å²) in [5.41, 5.74) is 1.69. The molecule has 2 fully saturated rings. The molecule has 2 N–H and O–H groups in total. The van der Waals surface area contributed by atoms with Crippen LogP contribution in [-0.2, 0) is 0 Å². The van der Waals surface area contributed by atoms with E-state index in [0.29, 0.717) is 16.5 Å². The molecule has 0 unspecified atom stereocenters. The van der Waals surface area contributed by atoms with Gasteiger partial charge in [0.05, 0.1) is 10.6 Å². The number of carbonyl (C=O) groups is 1. The van der Waals surface area contributed by atoms with Gasteiger partial charge in [0.25, 0.3) is 5.91 Å². The van der Waals surface area contributed by atoms with Crippen LogP contribution in [0.25, 0.3) is 0 Å². The third-order valence-corrected chi connectivity index (χ3v) is 5.78. The minimum atomic E-state index is -0.0379. The Labute approximate surface area is 156 Å². The average Bonchev–Trinajstić information content (AvgIpc) is 2.62. The van der Waals surface area contributed by atoms with Crippen LogP contribution in [0, 0.1) is 5.92 Å². The summed E-state index contributed by atoms with van der Waals surface area (Å²) in [5.74, 6) is 0.573. The molecule has 1 aliphatic carbocycles. The van der Waals surface area contributed by atoms with Crippen LogP contribution in [0.3, 0.4) is 0 Å². The van der Waals surface area contributed by atoms with Gasteiger partial charge in [-0.05, 0) is 37.0 Å². The van der Waals surface area contributed by atoms with E-state index in [1.807, 2.05) is 18.2 Å². The molecule has 2 aliphatic rings. The molecule has 3 rings (SSSR count). The number of nitrogens with one attached hydrogen (secondary N) is 2. The van der Waals surface area contributed by atoms with Crippen LogP contribution in [0.4, 0.5) is 5.69 Å². The van der Waals surface area contributed by atoms with Crippen LogP contribution in [0.15, 0.2) is 18.2 Å². The second kappa shape index (κ2) is 9.44. The Bertz CT molecular complexity index is 564. The molecule has 1 aromatic rings. The van der Waals surface area contributed by atoms with Gasteiger partial charge in [-0.15, -0.1) is 0 Å². The topological polar surface area (TPSA) is 44.4 Å². The van der Waals surface area contributed by atoms with Crippen LogP contribution in [0.2, 0.25) is 5.02 Å². The summed E-state index contributed by atoms with van der Waals surface area (Å²) < 4.78 is 0. The van der Waals surface area contributed by atoms with Gasteiger partial charge < -0.3 is 15.5 Å². The van der Waals surface area contributed by atoms with Crippen molar-refractivity contribution in [2.45, 2.75) is 44.9 Å². The third kappa shape index (κ3) is 5.35. The Hall–Kier alpha value is -1.26. The summed E-state index contributed by atoms with van der Waals surface area (Å²) in [6, 6.07) is 5.81. The first-order chi connectivity index (χ1) is 12.2. The predicted molar refractivity (Wildman–Crippen MR) is 105 cm³/mol. The number of nitrogens with zero attached hydrogens (tertiary/aromatic N) is 1. The fourth-order valence-corrected chi connectivity index (χ4v) is 4.09. The first-order valence-electron chi connectivity index (χ1n) is 9.77. The van der Waals surface area contributed by atoms with Crippen molar-refractivity contribution in [3.63, 3.8) is 0 Å². The van der Waals surface area contributed by atoms with Gasteiger partial charge in [0.1, 0.15) is 0 Å². The third-order valence-electron chi connectivity index (χ3n) is 5.45. The van der Waals surface area contributed by atoms with Crippen molar-refractivity contribution < 1.29 is 4.79 Å². The number of halogens is 1. The van der Waals surface area contributed by atoms with Crippen LogP contribution in [0.5, 0.6) is 0 Å². The Morgan fingerprint density at radius 2 is 1.80 bits per heavy atom. The molecule has 0 spiro atoms. The van der Waals surface area contributed by atoms with E-state index in [1.54, 1.807) is 0 Å². The number of anilines is 1. The maximum atomic E-state index is 12.7. The average molecular weight is 364 g/mol. The number of hydrogen-bond acceptors (Lipinski definition) is 3. The maximum Gasteiger partial charge on any atom is 0.252 e. The van der Waals surface area contributed by atoms with Gasteiger partial charge in [0.15, 0.2) is 0 Å². The first-order valence-corrected chi connectivity index (χ1v) is 10.2. The zero-order valence-electron chi connectivity index (χ0n) is 15.0. The second-order valence-corrected chi connectivity index (χ2v) is 7.73. The lowest BCUT2D eigenvalue weighted by atomic mass is 9.91. The van der Waals surface area contributed by atoms with Gasteiger partial charge in [-0.1, -0.05) is 43.7 Å². The second-order valence-electron chi connectivity index (χ2n) is 7.32. The van der Waals surface area contributed by atoms with Gasteiger partial charge in [-0.3, -0.25) is 4.79 Å². The highest BCUT2D eigenvalue weighted by molar-refractivity contribution is 6.34. The molecular weight excluding hydrogens is 334 g/mol. The number of amides is 1. The summed E-state index contributed by atoms with van der Waals surface area (Å²) in [6.45, 7) is 4.65. The molecule has 0 bridgehead atoms. The number of benzene rings is 1. The Morgan fingerprint density at radius 3 is 2.52 bits per heavy atom. The van der Waals surface area contributed by atoms with E-state index < -0.39 is 0 Å². The molecule has 1 heterocycles. The molecule has 138 valence electrons. The van der Waals surface area contributed by atoms with Crippen molar-refractivity contribution in [1.82, 2.24) is 10.6 Å². The number of hydrogen-bond donors (Lipinski definition) is 2. The molecule has 0 aromatic heterocycles. The van der Waals surface area contributed by atoms with E-state index in [4.69, 9.17) is 11.6 Å². The fourth-order valence-electron chi connectivity index (χ4n) is 3.88. The van der Waals surface area contributed by atoms with Crippen LogP contribution in [0.1, 0.15) is 55.3 Å². The maximum absolute atomic E-state index is 12.7. The quantitative estimate of drug-likeness (QED) is 0.854. The van der Waals surface area contributed by atoms with Gasteiger partial charge >= 0.3 is 0 Å². The summed E-state index contributed by atoms with van der Waals surface area (Å²) in [6.07, 6.45) is 9.09.